The normalized spacial score (nSPS) is 24.3. The third-order valence-corrected chi connectivity index (χ3v) is 18.3. The number of ether oxygens (including phenoxy) is 1. The van der Waals surface area contributed by atoms with E-state index in [9.17, 15) is 14.7 Å². The van der Waals surface area contributed by atoms with Gasteiger partial charge < -0.3 is 31.0 Å². The van der Waals surface area contributed by atoms with Crippen LogP contribution in [0.25, 0.3) is 0 Å². The van der Waals surface area contributed by atoms with E-state index in [1.807, 2.05) is 12.4 Å². The first-order valence-electron chi connectivity index (χ1n) is 28.9. The van der Waals surface area contributed by atoms with Crippen molar-refractivity contribution < 1.29 is 129 Å². The van der Waals surface area contributed by atoms with Gasteiger partial charge in [0, 0.05) is 45.0 Å². The Bertz CT molecular complexity index is 2570. The average molecular weight is 1360 g/mol. The molecule has 0 saturated heterocycles. The van der Waals surface area contributed by atoms with Gasteiger partial charge in [-0.25, -0.2) is 23.6 Å². The zero-order chi connectivity index (χ0) is 55.6. The summed E-state index contributed by atoms with van der Waals surface area (Å²) in [5.74, 6) is 2.70. The maximum Gasteiger partial charge on any atom is 1.00 e. The number of hydrogen-bond acceptors (Lipinski definition) is 10. The zero-order valence-electron chi connectivity index (χ0n) is 49.1. The van der Waals surface area contributed by atoms with E-state index in [-0.39, 0.29) is 71.8 Å². The number of Topliss-reactive ketones (excluding diaryl/α,β-unsaturated/α-hetero) is 1. The molecule has 12 nitrogen and oxygen atoms in total. The van der Waals surface area contributed by atoms with E-state index in [4.69, 9.17) is 52.5 Å². The van der Waals surface area contributed by atoms with Crippen LogP contribution in [-0.4, -0.2) is 57.7 Å². The van der Waals surface area contributed by atoms with Gasteiger partial charge in [-0.2, -0.15) is 0 Å². The van der Waals surface area contributed by atoms with Crippen LogP contribution in [0, 0.1) is 63.4 Å². The predicted molar refractivity (Wildman–Crippen MR) is 311 cm³/mol. The predicted octanol–water partition coefficient (Wildman–Crippen LogP) is 6.74. The van der Waals surface area contributed by atoms with Gasteiger partial charge >= 0.3 is 96.0 Å². The molecule has 14 rings (SSSR count). The summed E-state index contributed by atoms with van der Waals surface area (Å²) in [6.07, 6.45) is 49.8. The number of aliphatic hydroxyl groups excluding tert-OH is 1. The van der Waals surface area contributed by atoms with Crippen LogP contribution in [0.3, 0.4) is 0 Å². The molecule has 5 atom stereocenters. The van der Waals surface area contributed by atoms with E-state index in [1.54, 1.807) is 62.7 Å². The summed E-state index contributed by atoms with van der Waals surface area (Å²) in [6.45, 7) is 3.59. The summed E-state index contributed by atoms with van der Waals surface area (Å²) in [5.41, 5.74) is 37.0. The van der Waals surface area contributed by atoms with E-state index in [0.717, 1.165) is 61.4 Å². The number of aldehydes is 1. The second kappa shape index (κ2) is 39.2. The third-order valence-electron chi connectivity index (χ3n) is 18.1. The Labute approximate surface area is 555 Å². The molecule has 0 amide bonds. The Hall–Kier alpha value is -0.0410. The number of H-pyrrole nitrogens is 3. The molecule has 442 valence electrons. The van der Waals surface area contributed by atoms with Gasteiger partial charge in [-0.3, -0.25) is 4.79 Å². The Morgan fingerprint density at radius 3 is 1.57 bits per heavy atom. The van der Waals surface area contributed by atoms with Crippen molar-refractivity contribution in [1.29, 1.82) is 0 Å². The first kappa shape index (κ1) is 76.2. The van der Waals surface area contributed by atoms with Crippen molar-refractivity contribution in [3.63, 3.8) is 0 Å². The van der Waals surface area contributed by atoms with Gasteiger partial charge in [-0.05, 0) is 246 Å². The van der Waals surface area contributed by atoms with Crippen molar-refractivity contribution in [2.45, 2.75) is 232 Å². The van der Waals surface area contributed by atoms with Gasteiger partial charge in [0.1, 0.15) is 12.4 Å². The molecule has 2 aromatic rings. The molecule has 0 aromatic carbocycles. The van der Waals surface area contributed by atoms with Gasteiger partial charge in [0.25, 0.3) is 0 Å². The minimum atomic E-state index is -4.94. The summed E-state index contributed by atoms with van der Waals surface area (Å²) in [7, 11) is -4.94. The van der Waals surface area contributed by atoms with Crippen molar-refractivity contribution in [2.24, 2.45) is 17.8 Å². The van der Waals surface area contributed by atoms with Crippen LogP contribution in [0.1, 0.15) is 219 Å². The van der Waals surface area contributed by atoms with Gasteiger partial charge in [0.15, 0.2) is 10.6 Å². The number of imidazole rings is 2. The molecule has 12 aliphatic rings. The van der Waals surface area contributed by atoms with Crippen molar-refractivity contribution in [3.8, 4) is 0 Å². The number of hydrogen-bond donors (Lipinski definition) is 4. The Morgan fingerprint density at radius 1 is 0.659 bits per heavy atom. The molecule has 4 N–H and O–H groups in total. The first-order valence-corrected chi connectivity index (χ1v) is 42.4. The molecule has 5 unspecified atom stereocenters. The SMILES string of the molecule is C.C=COC1CCC2=C1CCC2.O=C1CCC2=C1CCC2.O=CCC1CCC2=C1CCC2.OC1CCC2=C1CCC2.S=c1[nH]cc(CC2CCC3=C2CCC3)[nH]1.[B].[Cl][Ce]([Cl])[Cl].[H-].[Li+].[Na+].[O-][Cl+3]([O-])([O-])[O-].c1ncc(CC2CCC3=C2CCC3)[nH]1. The van der Waals surface area contributed by atoms with Crippen LogP contribution in [0.15, 0.2) is 98.4 Å². The molecule has 0 saturated carbocycles. The summed E-state index contributed by atoms with van der Waals surface area (Å²) in [4.78, 5) is 34.9. The fourth-order valence-corrected chi connectivity index (χ4v) is 14.9. The van der Waals surface area contributed by atoms with E-state index in [2.05, 4.69) is 26.5 Å². The molecule has 0 fully saturated rings. The number of nitrogens with zero attached hydrogens (tertiary/aromatic N) is 1. The van der Waals surface area contributed by atoms with E-state index < -0.39 is 40.9 Å². The van der Waals surface area contributed by atoms with Crippen LogP contribution in [-0.2, 0) is 27.2 Å². The number of aromatic nitrogens is 4. The Balaban J connectivity index is 0.000000329. The summed E-state index contributed by atoms with van der Waals surface area (Å²) in [6, 6.07) is 0. The second-order valence-corrected chi connectivity index (χ2v) is 37.6. The standard InChI is InChI=1S/C12H16N2S.C12H16N2.2C10H14O.C8H12O.C8H10O.CH4.B.Ce.ClHO4.3ClH.Li.Na.H/c15-12-13-7-10(14-12)6-9-5-4-8-2-1-3-11(8)9;1-2-9-4-5-10(12(9)3-1)6-11-7-13-8-14-11;1-2-11-10-7-6-8-4-3-5-9(8)10;11-7-6-9-5-4-8-2-1-3-10(8)9;2*9-8-5-4-6-2-1-3-7(6)8;;;;2-1(3,4)5;;;;;;/h7,9H,1-6H2,(H2,13,14,15);7-8,10H,1-6H2,(H,13,14);2,10H,1,3-7H2;7,9H,1-6H2;8-9H,1-5H2;1-5H2;1H4;;;(H,2,3,4,5);3*1H;;;/q;;;;;;;;+3;;;;;2*+1;-1/p-4. The fraction of sp³-hybridized carbons (Fsp3) is 0.639. The number of aromatic amines is 3. The largest absolute Gasteiger partial charge is 1.00 e. The van der Waals surface area contributed by atoms with Crippen LogP contribution in [0.2, 0.25) is 0 Å². The zero-order valence-corrected chi connectivity index (χ0v) is 57.0. The molecule has 21 heteroatoms. The second-order valence-electron chi connectivity index (χ2n) is 22.6. The molecular weight excluding hydrogens is 1270 g/mol. The number of aliphatic hydroxyl groups is 1. The summed E-state index contributed by atoms with van der Waals surface area (Å²) >= 11 is 2.80. The number of halogens is 4. The maximum atomic E-state index is 11.0. The number of carbonyl (C=O) groups is 2. The van der Waals surface area contributed by atoms with Gasteiger partial charge in [-0.15, -0.1) is 10.2 Å². The van der Waals surface area contributed by atoms with Crippen LogP contribution in [0.4, 0.5) is 0 Å². The maximum absolute atomic E-state index is 11.0. The monoisotopic (exact) mass is 1360 g/mol. The molecule has 2 aromatic heterocycles. The van der Waals surface area contributed by atoms with Crippen LogP contribution in [0.5, 0.6) is 0 Å². The first-order chi connectivity index (χ1) is 37.6. The van der Waals surface area contributed by atoms with Gasteiger partial charge in [-0.1, -0.05) is 64.2 Å². The Kier molecular flexibility index (Phi) is 36.4. The topological polar surface area (TPSA) is 216 Å². The van der Waals surface area contributed by atoms with E-state index in [1.165, 1.54) is 201 Å². The van der Waals surface area contributed by atoms with E-state index in [0.29, 0.717) is 17.8 Å². The van der Waals surface area contributed by atoms with Crippen molar-refractivity contribution >= 4 is 49.6 Å². The number of rotatable bonds is 8. The van der Waals surface area contributed by atoms with Crippen LogP contribution < -0.4 is 67.1 Å². The molecule has 0 spiro atoms. The van der Waals surface area contributed by atoms with Crippen LogP contribution >= 0.6 is 29.1 Å². The number of ketones is 1. The Morgan fingerprint density at radius 2 is 1.10 bits per heavy atom. The number of carbonyl (C=O) groups excluding carboxylic acids is 2. The molecular formula is C61H87BCeCl4LiN4NaO8S. The average Bonchev–Trinajstić information content (AvgIpc) is 4.41. The number of nitrogens with one attached hydrogen (secondary N) is 3. The summed E-state index contributed by atoms with van der Waals surface area (Å²) < 4.78 is 40.1. The van der Waals surface area contributed by atoms with Crippen molar-refractivity contribution in [2.75, 3.05) is 0 Å². The van der Waals surface area contributed by atoms with Gasteiger partial charge in [0.2, 0.25) is 0 Å². The number of allylic oxidation sites excluding steroid dienone is 10. The van der Waals surface area contributed by atoms with Gasteiger partial charge in [0.05, 0.1) is 18.7 Å². The quantitative estimate of drug-likeness (QED) is 0.0718. The van der Waals surface area contributed by atoms with Crippen molar-refractivity contribution in [3.05, 3.63) is 115 Å². The minimum Gasteiger partial charge on any atom is -1.00 e. The molecule has 82 heavy (non-hydrogen) atoms. The fourth-order valence-electron chi connectivity index (χ4n) is 14.7. The summed E-state index contributed by atoms with van der Waals surface area (Å²) in [5, 5.41) is 9.34. The molecule has 0 bridgehead atoms. The molecule has 12 aliphatic carbocycles. The third kappa shape index (κ3) is 24.1. The smallest absolute Gasteiger partial charge is 1.00 e. The molecule has 0 aliphatic heterocycles. The van der Waals surface area contributed by atoms with Crippen molar-refractivity contribution in [1.82, 2.24) is 19.9 Å². The minimum absolute atomic E-state index is 0. The molecule has 3 radical (unpaired) electrons. The molecule has 2 heterocycles. The van der Waals surface area contributed by atoms with E-state index >= 15 is 0 Å².